The first-order valence-corrected chi connectivity index (χ1v) is 36.2. The van der Waals surface area contributed by atoms with Crippen LogP contribution in [0.3, 0.4) is 0 Å². The maximum Gasteiger partial charge on any atom is 0.159 e. The Balaban J connectivity index is 0.000000578. The van der Waals surface area contributed by atoms with Gasteiger partial charge in [0.25, 0.3) is 0 Å². The highest BCUT2D eigenvalue weighted by Crippen LogP contribution is 2.19. The van der Waals surface area contributed by atoms with Crippen molar-refractivity contribution in [2.24, 2.45) is 0 Å². The Labute approximate surface area is 620 Å². The smallest absolute Gasteiger partial charge is 0.159 e. The summed E-state index contributed by atoms with van der Waals surface area (Å²) in [5, 5.41) is 11.6. The first kappa shape index (κ1) is 90.5. The molecule has 16 aromatic rings. The summed E-state index contributed by atoms with van der Waals surface area (Å²) in [4.78, 5) is 65.8. The molecule has 0 fully saturated rings. The molecule has 0 aromatic carbocycles. The lowest BCUT2D eigenvalue weighted by Gasteiger charge is -1.97. The lowest BCUT2D eigenvalue weighted by molar-refractivity contribution is 1.20. The van der Waals surface area contributed by atoms with Gasteiger partial charge in [-0.1, -0.05) is 123 Å². The van der Waals surface area contributed by atoms with Crippen LogP contribution in [0.4, 0.5) is 0 Å². The van der Waals surface area contributed by atoms with E-state index in [2.05, 4.69) is 114 Å². The van der Waals surface area contributed by atoms with Crippen LogP contribution in [0, 0.1) is 55.4 Å². The molecule has 0 amide bonds. The highest BCUT2D eigenvalue weighted by atomic mass is 14.8. The summed E-state index contributed by atoms with van der Waals surface area (Å²) in [6.45, 7) is 48.3. The van der Waals surface area contributed by atoms with Gasteiger partial charge in [-0.3, -0.25) is 69.8 Å². The van der Waals surface area contributed by atoms with Crippen molar-refractivity contribution >= 4 is 87.1 Å². The van der Waals surface area contributed by atoms with E-state index in [1.54, 1.807) is 80.6 Å². The van der Waals surface area contributed by atoms with E-state index >= 15 is 0 Å². The summed E-state index contributed by atoms with van der Waals surface area (Å²) in [6, 6.07) is 31.7. The van der Waals surface area contributed by atoms with Crippen molar-refractivity contribution in [3.8, 4) is 0 Å². The lowest BCUT2D eigenvalue weighted by atomic mass is 10.1. The van der Waals surface area contributed by atoms with Crippen molar-refractivity contribution < 1.29 is 0 Å². The van der Waals surface area contributed by atoms with Crippen molar-refractivity contribution in [3.05, 3.63) is 290 Å². The normalized spacial score (nSPS) is 9.15. The maximum atomic E-state index is 4.24. The quantitative estimate of drug-likeness (QED) is 0.138. The molecule has 16 nitrogen and oxygen atoms in total. The summed E-state index contributed by atoms with van der Waals surface area (Å²) < 4.78 is 0. The lowest BCUT2D eigenvalue weighted by Crippen LogP contribution is -1.84. The van der Waals surface area contributed by atoms with Crippen molar-refractivity contribution in [1.29, 1.82) is 0 Å². The van der Waals surface area contributed by atoms with Gasteiger partial charge in [-0.2, -0.15) is 0 Å². The first-order valence-electron chi connectivity index (χ1n) is 36.2. The summed E-state index contributed by atoms with van der Waals surface area (Å²) in [5.74, 6) is 0. The molecule has 0 bridgehead atoms. The monoisotopic (exact) mass is 1390 g/mol. The van der Waals surface area contributed by atoms with Crippen molar-refractivity contribution in [2.45, 2.75) is 166 Å². The molecule has 0 atom stereocenters. The van der Waals surface area contributed by atoms with Crippen LogP contribution >= 0.6 is 0 Å². The second-order valence-corrected chi connectivity index (χ2v) is 20.2. The second kappa shape index (κ2) is 55.2. The molecule has 104 heavy (non-hydrogen) atoms. The average Bonchev–Trinajstić information content (AvgIpc) is 0.963. The Morgan fingerprint density at radius 2 is 0.548 bits per heavy atom. The van der Waals surface area contributed by atoms with Crippen molar-refractivity contribution in [2.75, 3.05) is 0 Å². The molecule has 544 valence electrons. The topological polar surface area (TPSA) is 206 Å². The Bertz CT molecular complexity index is 3950. The van der Waals surface area contributed by atoms with Gasteiger partial charge >= 0.3 is 0 Å². The predicted molar refractivity (Wildman–Crippen MR) is 445 cm³/mol. The molecule has 16 heterocycles. The van der Waals surface area contributed by atoms with Crippen molar-refractivity contribution in [1.82, 2.24) is 79.7 Å². The standard InChI is InChI=1S/8C9H8N2.8C2H6/c1-7-2-5-11-9-3-4-10-6-8(7)9;1-7-2-5-11-9-6-10-4-3-8(7)9;1-7-4-11-6-8-5-10-3-2-9(7)8;1-7-4-11-5-8-2-3-10-6-9(7)8;1-7-9-8(4-6-10-7)3-2-5-11-9;1-7-4-6-11-9-8(7)3-2-5-10-9;1-7-5-10-6-9-8(7)3-2-4-11-9;1-7-5-10-6-8-3-2-4-11-9(7)8;8*1-2/h8*2-6H,1H3;8*1-2H3. The van der Waals surface area contributed by atoms with E-state index < -0.39 is 0 Å². The second-order valence-electron chi connectivity index (χ2n) is 20.2. The van der Waals surface area contributed by atoms with Crippen LogP contribution in [0.15, 0.2) is 246 Å². The molecular formula is C88H112N16. The fourth-order valence-corrected chi connectivity index (χ4v) is 9.13. The Hall–Kier alpha value is -11.5. The van der Waals surface area contributed by atoms with E-state index in [-0.39, 0.29) is 0 Å². The van der Waals surface area contributed by atoms with Crippen LogP contribution in [0.5, 0.6) is 0 Å². The van der Waals surface area contributed by atoms with Gasteiger partial charge in [0.1, 0.15) is 0 Å². The molecule has 0 aliphatic heterocycles. The third-order valence-corrected chi connectivity index (χ3v) is 13.9. The molecule has 0 unspecified atom stereocenters. The number of rotatable bonds is 0. The molecule has 0 aliphatic carbocycles. The molecule has 0 saturated carbocycles. The van der Waals surface area contributed by atoms with Crippen LogP contribution in [-0.2, 0) is 0 Å². The molecule has 16 rings (SSSR count). The van der Waals surface area contributed by atoms with Crippen LogP contribution in [0.2, 0.25) is 0 Å². The molecule has 16 heteroatoms. The number of pyridine rings is 16. The molecule has 0 aliphatic rings. The molecule has 0 spiro atoms. The number of aryl methyl sites for hydroxylation is 8. The number of hydrogen-bond acceptors (Lipinski definition) is 16. The van der Waals surface area contributed by atoms with Gasteiger partial charge in [-0.25, -0.2) is 9.97 Å². The minimum atomic E-state index is 0.826. The zero-order valence-corrected chi connectivity index (χ0v) is 66.2. The molecule has 0 radical (unpaired) electrons. The Morgan fingerprint density at radius 3 is 1.12 bits per heavy atom. The molecular weight excluding hydrogens is 1280 g/mol. The largest absolute Gasteiger partial charge is 0.264 e. The summed E-state index contributed by atoms with van der Waals surface area (Å²) >= 11 is 0. The zero-order chi connectivity index (χ0) is 77.5. The predicted octanol–water partition coefficient (Wildman–Crippen LogP) is 23.7. The summed E-state index contributed by atoms with van der Waals surface area (Å²) in [5.41, 5.74) is 15.2. The number of fused-ring (bicyclic) bond motifs is 8. The zero-order valence-electron chi connectivity index (χ0n) is 66.2. The van der Waals surface area contributed by atoms with Gasteiger partial charge in [-0.05, 0) is 185 Å². The Kier molecular flexibility index (Phi) is 48.0. The Morgan fingerprint density at radius 1 is 0.183 bits per heavy atom. The number of aromatic nitrogens is 16. The van der Waals surface area contributed by atoms with Gasteiger partial charge in [0.15, 0.2) is 5.65 Å². The van der Waals surface area contributed by atoms with E-state index in [1.165, 1.54) is 54.9 Å². The fraction of sp³-hybridized carbons (Fsp3) is 0.273. The van der Waals surface area contributed by atoms with Gasteiger partial charge in [0, 0.05) is 185 Å². The van der Waals surface area contributed by atoms with Crippen LogP contribution in [0.1, 0.15) is 155 Å². The maximum absolute atomic E-state index is 4.24. The third kappa shape index (κ3) is 29.6. The summed E-state index contributed by atoms with van der Waals surface area (Å²) in [6.07, 6.45) is 43.5. The SMILES string of the molecule is CC.CC.CC.CC.CC.CC.CC.CC.Cc1ccnc2ccncc12.Cc1ccnc2cnccc12.Cc1ccnc2ncccc12.Cc1cncc2cccnc12.Cc1cncc2ccncc12.Cc1cncc2cnccc12.Cc1cncc2ncccc12.Cc1nccc2cccnc12. The summed E-state index contributed by atoms with van der Waals surface area (Å²) in [7, 11) is 0. The van der Waals surface area contributed by atoms with Crippen molar-refractivity contribution in [3.63, 3.8) is 0 Å². The molecule has 0 N–H and O–H groups in total. The third-order valence-electron chi connectivity index (χ3n) is 13.9. The van der Waals surface area contributed by atoms with E-state index in [0.29, 0.717) is 0 Å². The van der Waals surface area contributed by atoms with Gasteiger partial charge in [0.05, 0.1) is 45.7 Å². The van der Waals surface area contributed by atoms with Gasteiger partial charge in [0.2, 0.25) is 0 Å². The van der Waals surface area contributed by atoms with E-state index in [1.807, 2.05) is 298 Å². The van der Waals surface area contributed by atoms with Gasteiger partial charge in [-0.15, -0.1) is 0 Å². The highest BCUT2D eigenvalue weighted by Gasteiger charge is 2.01. The molecule has 0 saturated heterocycles. The fourth-order valence-electron chi connectivity index (χ4n) is 9.13. The van der Waals surface area contributed by atoms with E-state index in [9.17, 15) is 0 Å². The van der Waals surface area contributed by atoms with E-state index in [0.717, 1.165) is 76.8 Å². The minimum absolute atomic E-state index is 0.826. The van der Waals surface area contributed by atoms with Gasteiger partial charge < -0.3 is 0 Å². The van der Waals surface area contributed by atoms with Crippen LogP contribution in [-0.4, -0.2) is 79.7 Å². The average molecular weight is 1390 g/mol. The minimum Gasteiger partial charge on any atom is -0.264 e. The first-order chi connectivity index (χ1) is 51.0. The highest BCUT2D eigenvalue weighted by molar-refractivity contribution is 5.86. The van der Waals surface area contributed by atoms with E-state index in [4.69, 9.17) is 0 Å². The number of nitrogens with zero attached hydrogens (tertiary/aromatic N) is 16. The van der Waals surface area contributed by atoms with Crippen LogP contribution in [0.25, 0.3) is 87.1 Å². The number of hydrogen-bond donors (Lipinski definition) is 0. The van der Waals surface area contributed by atoms with Crippen LogP contribution < -0.4 is 0 Å². The molecule has 16 aromatic heterocycles.